The molecular weight excluding hydrogens is 262 g/mol. The summed E-state index contributed by atoms with van der Waals surface area (Å²) in [4.78, 5) is 23.7. The van der Waals surface area contributed by atoms with Crippen molar-refractivity contribution in [1.29, 1.82) is 0 Å². The molecule has 19 heavy (non-hydrogen) atoms. The van der Waals surface area contributed by atoms with E-state index in [0.717, 1.165) is 11.3 Å². The second-order valence-corrected chi connectivity index (χ2v) is 5.19. The molecule has 0 unspecified atom stereocenters. The van der Waals surface area contributed by atoms with Crippen molar-refractivity contribution < 1.29 is 14.3 Å². The number of ether oxygens (including phenoxy) is 1. The van der Waals surface area contributed by atoms with E-state index in [1.165, 1.54) is 7.11 Å². The topological polar surface area (TPSA) is 55.4 Å². The number of esters is 1. The maximum atomic E-state index is 12.1. The predicted octanol–water partition coefficient (Wildman–Crippen LogP) is 2.02. The molecule has 1 N–H and O–H groups in total. The summed E-state index contributed by atoms with van der Waals surface area (Å²) in [6.07, 6.45) is 2.52. The largest absolute Gasteiger partial charge is 0.467 e. The lowest BCUT2D eigenvalue weighted by Gasteiger charge is -2.16. The van der Waals surface area contributed by atoms with Gasteiger partial charge in [0, 0.05) is 5.56 Å². The molecule has 0 spiro atoms. The molecule has 5 heteroatoms. The molecule has 0 bridgehead atoms. The molecule has 1 rings (SSSR count). The standard InChI is InChI=1S/C14H19NO3S/c1-10-5-4-6-11(9-10)13(16)15-12(7-8-19-3)14(17)18-2/h4-6,9,12H,7-8H2,1-3H3,(H,15,16)/t12-/m0/s1. The summed E-state index contributed by atoms with van der Waals surface area (Å²) in [7, 11) is 1.33. The van der Waals surface area contributed by atoms with Gasteiger partial charge in [0.05, 0.1) is 7.11 Å². The zero-order valence-electron chi connectivity index (χ0n) is 11.4. The fourth-order valence-corrected chi connectivity index (χ4v) is 2.13. The molecule has 0 fully saturated rings. The van der Waals surface area contributed by atoms with Gasteiger partial charge in [-0.3, -0.25) is 4.79 Å². The molecule has 0 aliphatic carbocycles. The molecule has 1 aromatic rings. The number of thioether (sulfide) groups is 1. The molecule has 104 valence electrons. The van der Waals surface area contributed by atoms with Crippen LogP contribution < -0.4 is 5.32 Å². The van der Waals surface area contributed by atoms with Gasteiger partial charge in [0.2, 0.25) is 0 Å². The average Bonchev–Trinajstić information content (AvgIpc) is 2.42. The molecule has 0 saturated carbocycles. The van der Waals surface area contributed by atoms with E-state index >= 15 is 0 Å². The van der Waals surface area contributed by atoms with Gasteiger partial charge < -0.3 is 10.1 Å². The van der Waals surface area contributed by atoms with Gasteiger partial charge in [-0.1, -0.05) is 17.7 Å². The number of nitrogens with one attached hydrogen (secondary N) is 1. The van der Waals surface area contributed by atoms with Crippen LogP contribution in [0.25, 0.3) is 0 Å². The molecule has 0 saturated heterocycles. The highest BCUT2D eigenvalue weighted by Crippen LogP contribution is 2.07. The Balaban J connectivity index is 2.72. The summed E-state index contributed by atoms with van der Waals surface area (Å²) >= 11 is 1.62. The maximum Gasteiger partial charge on any atom is 0.328 e. The Morgan fingerprint density at radius 3 is 2.74 bits per heavy atom. The third-order valence-electron chi connectivity index (χ3n) is 2.68. The summed E-state index contributed by atoms with van der Waals surface area (Å²) in [6, 6.07) is 6.66. The van der Waals surface area contributed by atoms with Crippen LogP contribution in [0.15, 0.2) is 24.3 Å². The maximum absolute atomic E-state index is 12.1. The first-order chi connectivity index (χ1) is 9.08. The van der Waals surface area contributed by atoms with Crippen LogP contribution >= 0.6 is 11.8 Å². The van der Waals surface area contributed by atoms with Gasteiger partial charge in [-0.15, -0.1) is 0 Å². The van der Waals surface area contributed by atoms with Crippen molar-refractivity contribution in [1.82, 2.24) is 5.32 Å². The molecule has 0 heterocycles. The quantitative estimate of drug-likeness (QED) is 0.811. The monoisotopic (exact) mass is 281 g/mol. The predicted molar refractivity (Wildman–Crippen MR) is 77.4 cm³/mol. The summed E-state index contributed by atoms with van der Waals surface area (Å²) in [5, 5.41) is 2.72. The van der Waals surface area contributed by atoms with Crippen molar-refractivity contribution in [3.63, 3.8) is 0 Å². The van der Waals surface area contributed by atoms with Crippen LogP contribution in [-0.2, 0) is 9.53 Å². The van der Waals surface area contributed by atoms with Crippen molar-refractivity contribution in [2.45, 2.75) is 19.4 Å². The number of hydrogen-bond acceptors (Lipinski definition) is 4. The summed E-state index contributed by atoms with van der Waals surface area (Å²) < 4.78 is 4.71. The average molecular weight is 281 g/mol. The first kappa shape index (κ1) is 15.6. The third-order valence-corrected chi connectivity index (χ3v) is 3.33. The highest BCUT2D eigenvalue weighted by atomic mass is 32.2. The van der Waals surface area contributed by atoms with Crippen LogP contribution in [-0.4, -0.2) is 37.0 Å². The first-order valence-electron chi connectivity index (χ1n) is 6.02. The van der Waals surface area contributed by atoms with Crippen LogP contribution in [0.4, 0.5) is 0 Å². The number of hydrogen-bond donors (Lipinski definition) is 1. The van der Waals surface area contributed by atoms with Gasteiger partial charge >= 0.3 is 5.97 Å². The number of rotatable bonds is 6. The van der Waals surface area contributed by atoms with Gasteiger partial charge in [0.1, 0.15) is 6.04 Å². The number of aryl methyl sites for hydroxylation is 1. The van der Waals surface area contributed by atoms with Crippen molar-refractivity contribution >= 4 is 23.6 Å². The van der Waals surface area contributed by atoms with Gasteiger partial charge in [-0.25, -0.2) is 4.79 Å². The van der Waals surface area contributed by atoms with Gasteiger partial charge in [0.15, 0.2) is 0 Å². The van der Waals surface area contributed by atoms with Crippen LogP contribution in [0.1, 0.15) is 22.3 Å². The summed E-state index contributed by atoms with van der Waals surface area (Å²) in [6.45, 7) is 1.92. The Kier molecular flexibility index (Phi) is 6.42. The number of carbonyl (C=O) groups is 2. The fraction of sp³-hybridized carbons (Fsp3) is 0.429. The third kappa shape index (κ3) is 4.95. The number of benzene rings is 1. The Morgan fingerprint density at radius 2 is 2.16 bits per heavy atom. The summed E-state index contributed by atoms with van der Waals surface area (Å²) in [5.74, 6) is 0.128. The van der Waals surface area contributed by atoms with Gasteiger partial charge in [0.25, 0.3) is 5.91 Å². The van der Waals surface area contributed by atoms with Crippen molar-refractivity contribution in [2.75, 3.05) is 19.1 Å². The van der Waals surface area contributed by atoms with Crippen molar-refractivity contribution in [2.24, 2.45) is 0 Å². The second kappa shape index (κ2) is 7.84. The smallest absolute Gasteiger partial charge is 0.328 e. The minimum atomic E-state index is -0.592. The number of methoxy groups -OCH3 is 1. The highest BCUT2D eigenvalue weighted by Gasteiger charge is 2.21. The Hall–Kier alpha value is -1.49. The Labute approximate surface area is 117 Å². The van der Waals surface area contributed by atoms with Crippen molar-refractivity contribution in [3.8, 4) is 0 Å². The first-order valence-corrected chi connectivity index (χ1v) is 7.42. The molecule has 0 aromatic heterocycles. The van der Waals surface area contributed by atoms with Crippen LogP contribution in [0.3, 0.4) is 0 Å². The molecule has 1 amide bonds. The van der Waals surface area contributed by atoms with E-state index in [2.05, 4.69) is 5.32 Å². The Morgan fingerprint density at radius 1 is 1.42 bits per heavy atom. The van der Waals surface area contributed by atoms with Gasteiger partial charge in [-0.2, -0.15) is 11.8 Å². The van der Waals surface area contributed by atoms with E-state index in [9.17, 15) is 9.59 Å². The molecule has 0 aliphatic rings. The van der Waals surface area contributed by atoms with Crippen LogP contribution in [0, 0.1) is 6.92 Å². The SMILES string of the molecule is COC(=O)[C@H](CCSC)NC(=O)c1cccc(C)c1. The highest BCUT2D eigenvalue weighted by molar-refractivity contribution is 7.98. The van der Waals surface area contributed by atoms with Crippen LogP contribution in [0.5, 0.6) is 0 Å². The molecule has 4 nitrogen and oxygen atoms in total. The van der Waals surface area contributed by atoms with E-state index in [0.29, 0.717) is 12.0 Å². The zero-order chi connectivity index (χ0) is 14.3. The normalized spacial score (nSPS) is 11.7. The second-order valence-electron chi connectivity index (χ2n) is 4.20. The molecule has 1 atom stereocenters. The molecule has 0 aliphatic heterocycles. The minimum absolute atomic E-state index is 0.250. The van der Waals surface area contributed by atoms with Gasteiger partial charge in [-0.05, 0) is 37.5 Å². The lowest BCUT2D eigenvalue weighted by atomic mass is 10.1. The molecule has 1 aromatic carbocycles. The van der Waals surface area contributed by atoms with E-state index < -0.39 is 12.0 Å². The van der Waals surface area contributed by atoms with E-state index in [-0.39, 0.29) is 5.91 Å². The van der Waals surface area contributed by atoms with E-state index in [1.54, 1.807) is 23.9 Å². The lowest BCUT2D eigenvalue weighted by molar-refractivity contribution is -0.142. The zero-order valence-corrected chi connectivity index (χ0v) is 12.3. The van der Waals surface area contributed by atoms with E-state index in [4.69, 9.17) is 4.74 Å². The van der Waals surface area contributed by atoms with Crippen LogP contribution in [0.2, 0.25) is 0 Å². The lowest BCUT2D eigenvalue weighted by Crippen LogP contribution is -2.41. The molecule has 0 radical (unpaired) electrons. The number of carbonyl (C=O) groups excluding carboxylic acids is 2. The van der Waals surface area contributed by atoms with Crippen molar-refractivity contribution in [3.05, 3.63) is 35.4 Å². The minimum Gasteiger partial charge on any atom is -0.467 e. The fourth-order valence-electron chi connectivity index (χ4n) is 1.65. The molecular formula is C14H19NO3S. The van der Waals surface area contributed by atoms with E-state index in [1.807, 2.05) is 25.3 Å². The number of amides is 1. The summed E-state index contributed by atoms with van der Waals surface area (Å²) in [5.41, 5.74) is 1.56. The Bertz CT molecular complexity index is 448.